The maximum atomic E-state index is 11.3. The van der Waals surface area contributed by atoms with Crippen LogP contribution in [0.3, 0.4) is 0 Å². The van der Waals surface area contributed by atoms with E-state index >= 15 is 0 Å². The minimum absolute atomic E-state index is 0.123. The fourth-order valence-electron chi connectivity index (χ4n) is 1.85. The van der Waals surface area contributed by atoms with Gasteiger partial charge in [-0.25, -0.2) is 0 Å². The van der Waals surface area contributed by atoms with Crippen molar-refractivity contribution in [2.24, 2.45) is 0 Å². The minimum Gasteiger partial charge on any atom is -0.497 e. The highest BCUT2D eigenvalue weighted by molar-refractivity contribution is 5.70. The Morgan fingerprint density at radius 2 is 1.95 bits per heavy atom. The molecule has 0 amide bonds. The lowest BCUT2D eigenvalue weighted by Crippen LogP contribution is -2.37. The number of carbonyl (C=O) groups is 1. The summed E-state index contributed by atoms with van der Waals surface area (Å²) < 4.78 is 9.71. The average molecular weight is 267 g/mol. The zero-order valence-corrected chi connectivity index (χ0v) is 11.6. The SMILES string of the molecule is CCNC(CC(=O)OC)C(O)c1ccc(OC)cc1. The molecular formula is C14H21NO4. The Bertz CT molecular complexity index is 391. The molecule has 1 rings (SSSR count). The Labute approximate surface area is 113 Å². The van der Waals surface area contributed by atoms with Crippen molar-refractivity contribution in [1.82, 2.24) is 5.32 Å². The number of carbonyl (C=O) groups excluding carboxylic acids is 1. The Hall–Kier alpha value is -1.59. The third kappa shape index (κ3) is 4.54. The molecule has 0 saturated carbocycles. The van der Waals surface area contributed by atoms with Crippen molar-refractivity contribution in [3.05, 3.63) is 29.8 Å². The van der Waals surface area contributed by atoms with E-state index < -0.39 is 6.10 Å². The van der Waals surface area contributed by atoms with Gasteiger partial charge in [-0.15, -0.1) is 0 Å². The van der Waals surface area contributed by atoms with Crippen molar-refractivity contribution in [3.63, 3.8) is 0 Å². The number of likely N-dealkylation sites (N-methyl/N-ethyl adjacent to an activating group) is 1. The van der Waals surface area contributed by atoms with Gasteiger partial charge in [0.25, 0.3) is 0 Å². The molecule has 0 saturated heterocycles. The average Bonchev–Trinajstić information content (AvgIpc) is 2.46. The normalized spacial score (nSPS) is 13.7. The number of ether oxygens (including phenoxy) is 2. The molecule has 19 heavy (non-hydrogen) atoms. The highest BCUT2D eigenvalue weighted by atomic mass is 16.5. The van der Waals surface area contributed by atoms with E-state index in [-0.39, 0.29) is 18.4 Å². The Morgan fingerprint density at radius 1 is 1.32 bits per heavy atom. The summed E-state index contributed by atoms with van der Waals surface area (Å²) in [4.78, 5) is 11.3. The number of methoxy groups -OCH3 is 2. The van der Waals surface area contributed by atoms with Crippen molar-refractivity contribution in [1.29, 1.82) is 0 Å². The lowest BCUT2D eigenvalue weighted by molar-refractivity contribution is -0.142. The lowest BCUT2D eigenvalue weighted by Gasteiger charge is -2.23. The number of benzene rings is 1. The van der Waals surface area contributed by atoms with Crippen LogP contribution in [0, 0.1) is 0 Å². The van der Waals surface area contributed by atoms with Gasteiger partial charge in [0.05, 0.1) is 26.7 Å². The molecule has 0 aliphatic rings. The fourth-order valence-corrected chi connectivity index (χ4v) is 1.85. The predicted octanol–water partition coefficient (Wildman–Crippen LogP) is 1.27. The van der Waals surface area contributed by atoms with Crippen molar-refractivity contribution in [2.45, 2.75) is 25.5 Å². The zero-order chi connectivity index (χ0) is 14.3. The third-order valence-corrected chi connectivity index (χ3v) is 2.92. The highest BCUT2D eigenvalue weighted by Gasteiger charge is 2.23. The second-order valence-corrected chi connectivity index (χ2v) is 4.16. The van der Waals surface area contributed by atoms with Crippen molar-refractivity contribution in [2.75, 3.05) is 20.8 Å². The summed E-state index contributed by atoms with van der Waals surface area (Å²) in [5, 5.41) is 13.4. The monoisotopic (exact) mass is 267 g/mol. The summed E-state index contributed by atoms with van der Waals surface area (Å²) in [6.45, 7) is 2.58. The van der Waals surface area contributed by atoms with Crippen molar-refractivity contribution in [3.8, 4) is 5.75 Å². The summed E-state index contributed by atoms with van der Waals surface area (Å²) in [6, 6.07) is 6.75. The lowest BCUT2D eigenvalue weighted by atomic mass is 9.99. The van der Waals surface area contributed by atoms with Crippen LogP contribution in [0.5, 0.6) is 5.75 Å². The molecule has 106 valence electrons. The number of hydrogen-bond donors (Lipinski definition) is 2. The Morgan fingerprint density at radius 3 is 2.42 bits per heavy atom. The molecule has 1 aromatic rings. The first-order chi connectivity index (χ1) is 9.12. The summed E-state index contributed by atoms with van der Waals surface area (Å²) in [7, 11) is 2.93. The van der Waals surface area contributed by atoms with Crippen LogP contribution in [-0.4, -0.2) is 37.9 Å². The first kappa shape index (κ1) is 15.5. The van der Waals surface area contributed by atoms with E-state index in [1.165, 1.54) is 7.11 Å². The van der Waals surface area contributed by atoms with Crippen LogP contribution in [-0.2, 0) is 9.53 Å². The smallest absolute Gasteiger partial charge is 0.307 e. The van der Waals surface area contributed by atoms with E-state index in [0.717, 1.165) is 11.3 Å². The van der Waals surface area contributed by atoms with Crippen LogP contribution >= 0.6 is 0 Å². The van der Waals surface area contributed by atoms with E-state index in [1.807, 2.05) is 6.92 Å². The minimum atomic E-state index is -0.773. The molecule has 1 aromatic carbocycles. The molecule has 0 bridgehead atoms. The molecule has 0 aromatic heterocycles. The first-order valence-corrected chi connectivity index (χ1v) is 6.24. The van der Waals surface area contributed by atoms with Crippen molar-refractivity contribution < 1.29 is 19.4 Å². The number of rotatable bonds is 7. The largest absolute Gasteiger partial charge is 0.497 e. The molecule has 0 radical (unpaired) electrons. The second kappa shape index (κ2) is 7.76. The van der Waals surface area contributed by atoms with Gasteiger partial charge in [0.15, 0.2) is 0 Å². The molecule has 0 aliphatic carbocycles. The topological polar surface area (TPSA) is 67.8 Å². The van der Waals surface area contributed by atoms with Crippen LogP contribution in [0.1, 0.15) is 25.0 Å². The zero-order valence-electron chi connectivity index (χ0n) is 11.6. The quantitative estimate of drug-likeness (QED) is 0.728. The number of nitrogens with one attached hydrogen (secondary N) is 1. The van der Waals surface area contributed by atoms with Gasteiger partial charge in [-0.1, -0.05) is 19.1 Å². The molecule has 5 heteroatoms. The van der Waals surface area contributed by atoms with Crippen LogP contribution in [0.4, 0.5) is 0 Å². The van der Waals surface area contributed by atoms with Crippen LogP contribution < -0.4 is 10.1 Å². The van der Waals surface area contributed by atoms with Gasteiger partial charge in [0.2, 0.25) is 0 Å². The highest BCUT2D eigenvalue weighted by Crippen LogP contribution is 2.22. The molecule has 2 N–H and O–H groups in total. The summed E-state index contributed by atoms with van der Waals surface area (Å²) in [5.41, 5.74) is 0.732. The summed E-state index contributed by atoms with van der Waals surface area (Å²) in [5.74, 6) is 0.377. The van der Waals surface area contributed by atoms with Gasteiger partial charge in [0.1, 0.15) is 5.75 Å². The molecule has 2 unspecified atom stereocenters. The van der Waals surface area contributed by atoms with Crippen molar-refractivity contribution >= 4 is 5.97 Å². The van der Waals surface area contributed by atoms with Gasteiger partial charge < -0.3 is 19.9 Å². The van der Waals surface area contributed by atoms with E-state index in [9.17, 15) is 9.90 Å². The third-order valence-electron chi connectivity index (χ3n) is 2.92. The van der Waals surface area contributed by atoms with E-state index in [0.29, 0.717) is 6.54 Å². The summed E-state index contributed by atoms with van der Waals surface area (Å²) in [6.07, 6.45) is -0.651. The van der Waals surface area contributed by atoms with Crippen LogP contribution in [0.2, 0.25) is 0 Å². The summed E-state index contributed by atoms with van der Waals surface area (Å²) >= 11 is 0. The standard InChI is InChI=1S/C14H21NO4/c1-4-15-12(9-13(16)19-3)14(17)10-5-7-11(18-2)8-6-10/h5-8,12,14-15,17H,4,9H2,1-3H3. The number of esters is 1. The molecule has 0 heterocycles. The van der Waals surface area contributed by atoms with Crippen LogP contribution in [0.15, 0.2) is 24.3 Å². The molecule has 0 aliphatic heterocycles. The first-order valence-electron chi connectivity index (χ1n) is 6.24. The molecular weight excluding hydrogens is 246 g/mol. The van der Waals surface area contributed by atoms with Gasteiger partial charge in [-0.3, -0.25) is 4.79 Å². The van der Waals surface area contributed by atoms with E-state index in [4.69, 9.17) is 4.74 Å². The van der Waals surface area contributed by atoms with Crippen LogP contribution in [0.25, 0.3) is 0 Å². The van der Waals surface area contributed by atoms with E-state index in [1.54, 1.807) is 31.4 Å². The second-order valence-electron chi connectivity index (χ2n) is 4.16. The Balaban J connectivity index is 2.78. The molecule has 0 spiro atoms. The molecule has 2 atom stereocenters. The maximum absolute atomic E-state index is 11.3. The van der Waals surface area contributed by atoms with E-state index in [2.05, 4.69) is 10.1 Å². The van der Waals surface area contributed by atoms with Gasteiger partial charge >= 0.3 is 5.97 Å². The fraction of sp³-hybridized carbons (Fsp3) is 0.500. The van der Waals surface area contributed by atoms with Gasteiger partial charge in [-0.05, 0) is 24.2 Å². The van der Waals surface area contributed by atoms with Gasteiger partial charge in [0, 0.05) is 6.04 Å². The Kier molecular flexibility index (Phi) is 6.32. The number of aliphatic hydroxyl groups excluding tert-OH is 1. The maximum Gasteiger partial charge on any atom is 0.307 e. The predicted molar refractivity (Wildman–Crippen MR) is 72.1 cm³/mol. The number of hydrogen-bond acceptors (Lipinski definition) is 5. The molecule has 5 nitrogen and oxygen atoms in total. The number of aliphatic hydroxyl groups is 1. The van der Waals surface area contributed by atoms with Gasteiger partial charge in [-0.2, -0.15) is 0 Å². The molecule has 0 fully saturated rings.